The second kappa shape index (κ2) is 9.57. The molecular formula is C28H44O6. The van der Waals surface area contributed by atoms with Crippen LogP contribution in [0.2, 0.25) is 0 Å². The Morgan fingerprint density at radius 1 is 1.12 bits per heavy atom. The molecule has 0 aromatic carbocycles. The first-order chi connectivity index (χ1) is 16.1. The maximum atomic E-state index is 11.8. The van der Waals surface area contributed by atoms with Gasteiger partial charge in [-0.15, -0.1) is 0 Å². The van der Waals surface area contributed by atoms with Gasteiger partial charge in [0.25, 0.3) is 0 Å². The van der Waals surface area contributed by atoms with E-state index < -0.39 is 12.2 Å². The maximum Gasteiger partial charge on any atom is 0.330 e. The standard InChI is InChI=1S/C28H44O6/c1-6-24(31)34-18-11-12-27(3)17(13-18)14-22(29)26-20-9-8-19(16(2)7-10-25(32)33-5)28(20,4)23(30)15-21(26)27/h6,16-23,26,29-30H,1,7-15H2,2-5H3. The molecule has 6 nitrogen and oxygen atoms in total. The summed E-state index contributed by atoms with van der Waals surface area (Å²) in [6, 6.07) is 0. The minimum atomic E-state index is -0.411. The summed E-state index contributed by atoms with van der Waals surface area (Å²) in [6.07, 6.45) is 7.58. The molecule has 4 fully saturated rings. The van der Waals surface area contributed by atoms with E-state index in [-0.39, 0.29) is 52.5 Å². The van der Waals surface area contributed by atoms with Crippen LogP contribution in [-0.4, -0.2) is 47.6 Å². The number of ether oxygens (including phenoxy) is 2. The molecule has 4 aliphatic carbocycles. The monoisotopic (exact) mass is 476 g/mol. The summed E-state index contributed by atoms with van der Waals surface area (Å²) >= 11 is 0. The van der Waals surface area contributed by atoms with Crippen molar-refractivity contribution in [2.45, 2.75) is 96.9 Å². The Hall–Kier alpha value is -1.40. The lowest BCUT2D eigenvalue weighted by Crippen LogP contribution is -2.62. The van der Waals surface area contributed by atoms with Crippen LogP contribution in [0.4, 0.5) is 0 Å². The van der Waals surface area contributed by atoms with Gasteiger partial charge in [0.15, 0.2) is 0 Å². The van der Waals surface area contributed by atoms with E-state index in [1.807, 2.05) is 0 Å². The van der Waals surface area contributed by atoms with Crippen molar-refractivity contribution in [3.63, 3.8) is 0 Å². The van der Waals surface area contributed by atoms with E-state index in [1.54, 1.807) is 0 Å². The van der Waals surface area contributed by atoms with E-state index in [1.165, 1.54) is 13.2 Å². The van der Waals surface area contributed by atoms with E-state index >= 15 is 0 Å². The molecule has 4 aliphatic rings. The zero-order chi connectivity index (χ0) is 24.8. The molecule has 2 N–H and O–H groups in total. The van der Waals surface area contributed by atoms with E-state index in [0.29, 0.717) is 18.3 Å². The molecule has 192 valence electrons. The van der Waals surface area contributed by atoms with Gasteiger partial charge >= 0.3 is 11.9 Å². The number of methoxy groups -OCH3 is 1. The Morgan fingerprint density at radius 2 is 1.85 bits per heavy atom. The minimum Gasteiger partial charge on any atom is -0.469 e. The Labute approximate surface area is 204 Å². The fourth-order valence-electron chi connectivity index (χ4n) is 9.08. The van der Waals surface area contributed by atoms with Gasteiger partial charge in [-0.2, -0.15) is 0 Å². The number of rotatable bonds is 6. The predicted molar refractivity (Wildman–Crippen MR) is 128 cm³/mol. The minimum absolute atomic E-state index is 0.0396. The Kier molecular flexibility index (Phi) is 7.23. The van der Waals surface area contributed by atoms with Crippen molar-refractivity contribution < 1.29 is 29.3 Å². The second-order valence-electron chi connectivity index (χ2n) is 12.2. The molecule has 0 amide bonds. The highest BCUT2D eigenvalue weighted by molar-refractivity contribution is 5.81. The fraction of sp³-hybridized carbons (Fsp3) is 0.857. The normalized spacial score (nSPS) is 46.4. The Morgan fingerprint density at radius 3 is 2.53 bits per heavy atom. The Bertz CT molecular complexity index is 796. The van der Waals surface area contributed by atoms with Gasteiger partial charge in [-0.05, 0) is 97.7 Å². The van der Waals surface area contributed by atoms with Crippen LogP contribution in [0.15, 0.2) is 12.7 Å². The number of hydrogen-bond acceptors (Lipinski definition) is 6. The lowest BCUT2D eigenvalue weighted by Gasteiger charge is -2.63. The number of carbonyl (C=O) groups excluding carboxylic acids is 2. The van der Waals surface area contributed by atoms with Gasteiger partial charge in [0, 0.05) is 12.5 Å². The van der Waals surface area contributed by atoms with Gasteiger partial charge in [0.2, 0.25) is 0 Å². The molecular weight excluding hydrogens is 432 g/mol. The molecule has 0 aromatic heterocycles. The molecule has 0 bridgehead atoms. The molecule has 0 radical (unpaired) electrons. The Balaban J connectivity index is 1.53. The number of carbonyl (C=O) groups is 2. The topological polar surface area (TPSA) is 93.1 Å². The highest BCUT2D eigenvalue weighted by atomic mass is 16.5. The molecule has 6 heteroatoms. The van der Waals surface area contributed by atoms with Gasteiger partial charge in [-0.1, -0.05) is 27.4 Å². The van der Waals surface area contributed by atoms with Crippen molar-refractivity contribution in [3.8, 4) is 0 Å². The molecule has 11 unspecified atom stereocenters. The highest BCUT2D eigenvalue weighted by Gasteiger charge is 2.65. The van der Waals surface area contributed by atoms with E-state index in [9.17, 15) is 19.8 Å². The largest absolute Gasteiger partial charge is 0.469 e. The average Bonchev–Trinajstić information content (AvgIpc) is 3.17. The van der Waals surface area contributed by atoms with E-state index in [0.717, 1.165) is 51.4 Å². The number of fused-ring (bicyclic) bond motifs is 5. The van der Waals surface area contributed by atoms with Crippen LogP contribution in [-0.2, 0) is 19.1 Å². The molecule has 0 heterocycles. The van der Waals surface area contributed by atoms with Gasteiger partial charge < -0.3 is 19.7 Å². The lowest BCUT2D eigenvalue weighted by atomic mass is 9.43. The summed E-state index contributed by atoms with van der Waals surface area (Å²) in [7, 11) is 1.43. The third-order valence-corrected chi connectivity index (χ3v) is 11.0. The zero-order valence-corrected chi connectivity index (χ0v) is 21.4. The van der Waals surface area contributed by atoms with Crippen LogP contribution in [0.1, 0.15) is 78.6 Å². The third kappa shape index (κ3) is 4.13. The third-order valence-electron chi connectivity index (χ3n) is 11.0. The molecule has 0 aromatic rings. The quantitative estimate of drug-likeness (QED) is 0.439. The van der Waals surface area contributed by atoms with Crippen LogP contribution >= 0.6 is 0 Å². The molecule has 0 spiro atoms. The SMILES string of the molecule is C=CC(=O)OC1CCC2(C)C(C1)CC(O)C1C2CC(O)C2(C)C(C(C)CCC(=O)OC)CCC12. The smallest absolute Gasteiger partial charge is 0.330 e. The summed E-state index contributed by atoms with van der Waals surface area (Å²) < 4.78 is 10.4. The molecule has 0 aliphatic heterocycles. The molecule has 4 rings (SSSR count). The van der Waals surface area contributed by atoms with E-state index in [4.69, 9.17) is 9.47 Å². The molecule has 4 saturated carbocycles. The summed E-state index contributed by atoms with van der Waals surface area (Å²) in [5.41, 5.74) is -0.199. The summed E-state index contributed by atoms with van der Waals surface area (Å²) in [5, 5.41) is 23.1. The van der Waals surface area contributed by atoms with Crippen molar-refractivity contribution in [1.29, 1.82) is 0 Å². The van der Waals surface area contributed by atoms with Crippen molar-refractivity contribution in [3.05, 3.63) is 12.7 Å². The molecule has 0 saturated heterocycles. The van der Waals surface area contributed by atoms with Crippen LogP contribution in [0, 0.1) is 46.3 Å². The highest BCUT2D eigenvalue weighted by Crippen LogP contribution is 2.68. The van der Waals surface area contributed by atoms with Crippen LogP contribution in [0.5, 0.6) is 0 Å². The average molecular weight is 477 g/mol. The van der Waals surface area contributed by atoms with Crippen molar-refractivity contribution in [1.82, 2.24) is 0 Å². The summed E-state index contributed by atoms with van der Waals surface area (Å²) in [4.78, 5) is 23.5. The number of aliphatic hydroxyl groups excluding tert-OH is 2. The number of hydrogen-bond donors (Lipinski definition) is 2. The molecule has 34 heavy (non-hydrogen) atoms. The first-order valence-corrected chi connectivity index (χ1v) is 13.3. The van der Waals surface area contributed by atoms with Crippen molar-refractivity contribution in [2.24, 2.45) is 46.3 Å². The van der Waals surface area contributed by atoms with Gasteiger partial charge in [0.05, 0.1) is 19.3 Å². The van der Waals surface area contributed by atoms with E-state index in [2.05, 4.69) is 27.4 Å². The number of aliphatic hydroxyl groups is 2. The van der Waals surface area contributed by atoms with Crippen LogP contribution < -0.4 is 0 Å². The van der Waals surface area contributed by atoms with Gasteiger partial charge in [-0.25, -0.2) is 4.79 Å². The fourth-order valence-corrected chi connectivity index (χ4v) is 9.08. The second-order valence-corrected chi connectivity index (χ2v) is 12.2. The summed E-state index contributed by atoms with van der Waals surface area (Å²) in [6.45, 7) is 10.3. The predicted octanol–water partition coefficient (Wildman–Crippen LogP) is 4.27. The van der Waals surface area contributed by atoms with Gasteiger partial charge in [-0.3, -0.25) is 4.79 Å². The maximum absolute atomic E-state index is 11.8. The van der Waals surface area contributed by atoms with Crippen LogP contribution in [0.25, 0.3) is 0 Å². The number of esters is 2. The van der Waals surface area contributed by atoms with Crippen LogP contribution in [0.3, 0.4) is 0 Å². The van der Waals surface area contributed by atoms with Crippen molar-refractivity contribution in [2.75, 3.05) is 7.11 Å². The van der Waals surface area contributed by atoms with Crippen molar-refractivity contribution >= 4 is 11.9 Å². The first-order valence-electron chi connectivity index (χ1n) is 13.3. The summed E-state index contributed by atoms with van der Waals surface area (Å²) in [5.74, 6) is 1.15. The lowest BCUT2D eigenvalue weighted by molar-refractivity contribution is -0.209. The molecule has 11 atom stereocenters. The van der Waals surface area contributed by atoms with Gasteiger partial charge in [0.1, 0.15) is 6.10 Å². The zero-order valence-electron chi connectivity index (χ0n) is 21.4. The first kappa shape index (κ1) is 25.7.